The first-order chi connectivity index (χ1) is 7.97. The fourth-order valence-electron chi connectivity index (χ4n) is 1.97. The van der Waals surface area contributed by atoms with Crippen molar-refractivity contribution in [3.63, 3.8) is 0 Å². The van der Waals surface area contributed by atoms with Gasteiger partial charge in [-0.05, 0) is 26.9 Å². The smallest absolute Gasteiger partial charge is 0.0948 e. The highest BCUT2D eigenvalue weighted by molar-refractivity contribution is 5.08. The summed E-state index contributed by atoms with van der Waals surface area (Å²) in [4.78, 5) is 6.49. The molecule has 1 aromatic rings. The molecule has 1 rings (SSSR count). The highest BCUT2D eigenvalue weighted by atomic mass is 15.1. The van der Waals surface area contributed by atoms with E-state index >= 15 is 0 Å². The van der Waals surface area contributed by atoms with Gasteiger partial charge in [0.25, 0.3) is 0 Å². The maximum Gasteiger partial charge on any atom is 0.0948 e. The molecule has 17 heavy (non-hydrogen) atoms. The summed E-state index contributed by atoms with van der Waals surface area (Å²) in [5.74, 6) is 0.942. The Morgan fingerprint density at radius 2 is 2.00 bits per heavy atom. The topological polar surface area (TPSA) is 47.1 Å². The molecule has 0 spiro atoms. The van der Waals surface area contributed by atoms with E-state index in [0.29, 0.717) is 24.4 Å². The van der Waals surface area contributed by atoms with E-state index in [4.69, 9.17) is 5.73 Å². The van der Waals surface area contributed by atoms with Gasteiger partial charge < -0.3 is 15.2 Å². The molecule has 0 saturated carbocycles. The van der Waals surface area contributed by atoms with Crippen molar-refractivity contribution in [1.82, 2.24) is 14.5 Å². The summed E-state index contributed by atoms with van der Waals surface area (Å²) in [6.07, 6.45) is 3.88. The molecule has 4 nitrogen and oxygen atoms in total. The van der Waals surface area contributed by atoms with Gasteiger partial charge in [-0.25, -0.2) is 4.98 Å². The van der Waals surface area contributed by atoms with E-state index in [9.17, 15) is 0 Å². The zero-order chi connectivity index (χ0) is 13.0. The molecule has 1 heterocycles. The molecule has 0 aliphatic rings. The third-order valence-electron chi connectivity index (χ3n) is 3.53. The highest BCUT2D eigenvalue weighted by Gasteiger charge is 2.19. The van der Waals surface area contributed by atoms with Gasteiger partial charge in [0.05, 0.1) is 6.33 Å². The lowest BCUT2D eigenvalue weighted by Gasteiger charge is -2.25. The predicted octanol–water partition coefficient (Wildman–Crippen LogP) is 1.53. The van der Waals surface area contributed by atoms with Crippen LogP contribution in [0.4, 0.5) is 0 Å². The van der Waals surface area contributed by atoms with Crippen LogP contribution in [0.3, 0.4) is 0 Å². The Morgan fingerprint density at radius 1 is 1.35 bits per heavy atom. The van der Waals surface area contributed by atoms with Crippen molar-refractivity contribution in [1.29, 1.82) is 0 Å². The summed E-state index contributed by atoms with van der Waals surface area (Å²) in [5, 5.41) is 0. The molecule has 2 atom stereocenters. The third-order valence-corrected chi connectivity index (χ3v) is 3.53. The molecule has 2 unspecified atom stereocenters. The van der Waals surface area contributed by atoms with Gasteiger partial charge in [-0.15, -0.1) is 0 Å². The van der Waals surface area contributed by atoms with E-state index < -0.39 is 0 Å². The van der Waals surface area contributed by atoms with Gasteiger partial charge in [-0.2, -0.15) is 0 Å². The zero-order valence-electron chi connectivity index (χ0n) is 11.7. The molecule has 2 N–H and O–H groups in total. The average Bonchev–Trinajstić information content (AvgIpc) is 2.66. The fraction of sp³-hybridized carbons (Fsp3) is 0.769. The van der Waals surface area contributed by atoms with Gasteiger partial charge >= 0.3 is 0 Å². The van der Waals surface area contributed by atoms with Gasteiger partial charge in [0, 0.05) is 36.9 Å². The second-order valence-electron chi connectivity index (χ2n) is 5.37. The highest BCUT2D eigenvalue weighted by Crippen LogP contribution is 2.23. The molecule has 0 amide bonds. The van der Waals surface area contributed by atoms with Crippen LogP contribution in [0.2, 0.25) is 0 Å². The molecule has 4 heteroatoms. The Labute approximate surface area is 105 Å². The zero-order valence-corrected chi connectivity index (χ0v) is 11.7. The summed E-state index contributed by atoms with van der Waals surface area (Å²) in [6.45, 7) is 8.29. The second-order valence-corrected chi connectivity index (χ2v) is 5.37. The van der Waals surface area contributed by atoms with Crippen molar-refractivity contribution in [2.24, 2.45) is 11.7 Å². The van der Waals surface area contributed by atoms with Crippen molar-refractivity contribution in [2.45, 2.75) is 39.3 Å². The lowest BCUT2D eigenvalue weighted by Crippen LogP contribution is -2.30. The number of aromatic nitrogens is 2. The molecule has 0 bridgehead atoms. The molecule has 0 aliphatic heterocycles. The maximum atomic E-state index is 5.87. The number of nitrogens with zero attached hydrogens (tertiary/aromatic N) is 3. The van der Waals surface area contributed by atoms with Crippen LogP contribution in [0.25, 0.3) is 0 Å². The first-order valence-corrected chi connectivity index (χ1v) is 6.33. The lowest BCUT2D eigenvalue weighted by atomic mass is 9.93. The van der Waals surface area contributed by atoms with E-state index in [1.54, 1.807) is 0 Å². The Hall–Kier alpha value is -0.870. The standard InChI is InChI=1S/C13H26N4/c1-10(2)12(6-14)13-7-15-9-17(13)8-11(3)16(4)5/h7,9-12H,6,8,14H2,1-5H3. The van der Waals surface area contributed by atoms with Crippen LogP contribution in [-0.4, -0.2) is 41.1 Å². The molecule has 98 valence electrons. The van der Waals surface area contributed by atoms with Gasteiger partial charge in [-0.1, -0.05) is 13.8 Å². The molecule has 0 fully saturated rings. The first-order valence-electron chi connectivity index (χ1n) is 6.33. The Morgan fingerprint density at radius 3 is 2.47 bits per heavy atom. The van der Waals surface area contributed by atoms with Crippen LogP contribution >= 0.6 is 0 Å². The summed E-state index contributed by atoms with van der Waals surface area (Å²) in [7, 11) is 4.20. The van der Waals surface area contributed by atoms with Crippen molar-refractivity contribution in [3.05, 3.63) is 18.2 Å². The summed E-state index contributed by atoms with van der Waals surface area (Å²) < 4.78 is 2.24. The molecule has 0 saturated heterocycles. The Balaban J connectivity index is 2.84. The SMILES string of the molecule is CC(C)C(CN)c1cncn1CC(C)N(C)C. The largest absolute Gasteiger partial charge is 0.333 e. The van der Waals surface area contributed by atoms with E-state index in [2.05, 4.69) is 49.3 Å². The number of hydrogen-bond donors (Lipinski definition) is 1. The van der Waals surface area contributed by atoms with Gasteiger partial charge in [0.15, 0.2) is 0 Å². The molecule has 0 aliphatic carbocycles. The number of nitrogens with two attached hydrogens (primary N) is 1. The number of rotatable bonds is 6. The summed E-state index contributed by atoms with van der Waals surface area (Å²) in [5.41, 5.74) is 7.13. The normalized spacial score (nSPS) is 15.5. The van der Waals surface area contributed by atoms with Gasteiger partial charge in [0.1, 0.15) is 0 Å². The van der Waals surface area contributed by atoms with E-state index in [1.165, 1.54) is 5.69 Å². The van der Waals surface area contributed by atoms with Crippen LogP contribution in [0.5, 0.6) is 0 Å². The van der Waals surface area contributed by atoms with Crippen molar-refractivity contribution >= 4 is 0 Å². The van der Waals surface area contributed by atoms with E-state index in [1.807, 2.05) is 12.5 Å². The fourth-order valence-corrected chi connectivity index (χ4v) is 1.97. The summed E-state index contributed by atoms with van der Waals surface area (Å²) >= 11 is 0. The predicted molar refractivity (Wildman–Crippen MR) is 72.0 cm³/mol. The average molecular weight is 238 g/mol. The van der Waals surface area contributed by atoms with Gasteiger partial charge in [-0.3, -0.25) is 0 Å². The van der Waals surface area contributed by atoms with Crippen LogP contribution in [0.1, 0.15) is 32.4 Å². The second kappa shape index (κ2) is 6.17. The number of imidazole rings is 1. The van der Waals surface area contributed by atoms with Crippen molar-refractivity contribution in [3.8, 4) is 0 Å². The minimum atomic E-state index is 0.395. The summed E-state index contributed by atoms with van der Waals surface area (Å²) in [6, 6.07) is 0.494. The molecular weight excluding hydrogens is 212 g/mol. The van der Waals surface area contributed by atoms with Crippen molar-refractivity contribution in [2.75, 3.05) is 20.6 Å². The Kier molecular flexibility index (Phi) is 5.15. The van der Waals surface area contributed by atoms with Crippen LogP contribution in [-0.2, 0) is 6.54 Å². The van der Waals surface area contributed by atoms with Crippen LogP contribution in [0, 0.1) is 5.92 Å². The van der Waals surface area contributed by atoms with E-state index in [-0.39, 0.29) is 0 Å². The van der Waals surface area contributed by atoms with Crippen LogP contribution < -0.4 is 5.73 Å². The molecule has 0 aromatic carbocycles. The minimum Gasteiger partial charge on any atom is -0.333 e. The van der Waals surface area contributed by atoms with Gasteiger partial charge in [0.2, 0.25) is 0 Å². The molecule has 1 aromatic heterocycles. The molecule has 0 radical (unpaired) electrons. The minimum absolute atomic E-state index is 0.395. The van der Waals surface area contributed by atoms with Crippen LogP contribution in [0.15, 0.2) is 12.5 Å². The first kappa shape index (κ1) is 14.2. The lowest BCUT2D eigenvalue weighted by molar-refractivity contribution is 0.279. The Bertz CT molecular complexity index is 330. The molecular formula is C13H26N4. The van der Waals surface area contributed by atoms with E-state index in [0.717, 1.165) is 6.54 Å². The third kappa shape index (κ3) is 3.54. The maximum absolute atomic E-state index is 5.87. The quantitative estimate of drug-likeness (QED) is 0.817. The monoisotopic (exact) mass is 238 g/mol. The van der Waals surface area contributed by atoms with Crippen molar-refractivity contribution < 1.29 is 0 Å². The number of hydrogen-bond acceptors (Lipinski definition) is 3. The number of likely N-dealkylation sites (N-methyl/N-ethyl adjacent to an activating group) is 1.